The first kappa shape index (κ1) is 10.7. The molecule has 1 aromatic carbocycles. The summed E-state index contributed by atoms with van der Waals surface area (Å²) in [5, 5.41) is 32.3. The van der Waals surface area contributed by atoms with Crippen LogP contribution in [-0.4, -0.2) is 36.6 Å². The second-order valence-corrected chi connectivity index (χ2v) is 3.03. The molecule has 2 rings (SSSR count). The number of hydrogen-bond acceptors (Lipinski definition) is 6. The van der Waals surface area contributed by atoms with Crippen molar-refractivity contribution in [3.63, 3.8) is 0 Å². The zero-order chi connectivity index (χ0) is 12.4. The van der Waals surface area contributed by atoms with E-state index in [4.69, 9.17) is 5.11 Å². The van der Waals surface area contributed by atoms with E-state index in [9.17, 15) is 14.9 Å². The van der Waals surface area contributed by atoms with Gasteiger partial charge < -0.3 is 5.11 Å². The summed E-state index contributed by atoms with van der Waals surface area (Å²) >= 11 is 0. The van der Waals surface area contributed by atoms with E-state index < -0.39 is 16.6 Å². The molecular weight excluding hydrogens is 230 g/mol. The molecule has 2 N–H and O–H groups in total. The molecule has 1 aromatic heterocycles. The Labute approximate surface area is 93.2 Å². The van der Waals surface area contributed by atoms with Gasteiger partial charge in [-0.2, -0.15) is 5.21 Å². The van der Waals surface area contributed by atoms with E-state index >= 15 is 0 Å². The summed E-state index contributed by atoms with van der Waals surface area (Å²) in [6.07, 6.45) is 0. The van der Waals surface area contributed by atoms with Gasteiger partial charge in [0.25, 0.3) is 5.69 Å². The third kappa shape index (κ3) is 1.93. The summed E-state index contributed by atoms with van der Waals surface area (Å²) in [6, 6.07) is 3.60. The smallest absolute Gasteiger partial charge is 0.342 e. The van der Waals surface area contributed by atoms with Crippen molar-refractivity contribution < 1.29 is 14.8 Å². The van der Waals surface area contributed by atoms with Crippen molar-refractivity contribution in [1.29, 1.82) is 0 Å². The molecule has 9 nitrogen and oxygen atoms in total. The van der Waals surface area contributed by atoms with E-state index in [1.807, 2.05) is 0 Å². The first-order chi connectivity index (χ1) is 8.09. The number of hydrogen-bond donors (Lipinski definition) is 2. The lowest BCUT2D eigenvalue weighted by molar-refractivity contribution is -0.385. The quantitative estimate of drug-likeness (QED) is 0.583. The third-order valence-electron chi connectivity index (χ3n) is 2.03. The predicted molar refractivity (Wildman–Crippen MR) is 53.2 cm³/mol. The van der Waals surface area contributed by atoms with E-state index in [2.05, 4.69) is 20.6 Å². The number of tetrazole rings is 1. The maximum Gasteiger partial charge on any atom is 0.342 e. The van der Waals surface area contributed by atoms with Crippen LogP contribution in [0.25, 0.3) is 11.4 Å². The van der Waals surface area contributed by atoms with Crippen molar-refractivity contribution in [3.8, 4) is 11.4 Å². The number of nitro benzene ring substituents is 1. The van der Waals surface area contributed by atoms with Crippen LogP contribution in [0, 0.1) is 10.1 Å². The molecule has 0 fully saturated rings. The van der Waals surface area contributed by atoms with Gasteiger partial charge in [-0.25, -0.2) is 4.79 Å². The fourth-order valence-corrected chi connectivity index (χ4v) is 1.29. The molecule has 0 aliphatic carbocycles. The number of carbonyl (C=O) groups is 1. The van der Waals surface area contributed by atoms with Gasteiger partial charge in [-0.3, -0.25) is 10.1 Å². The fourth-order valence-electron chi connectivity index (χ4n) is 1.29. The first-order valence-corrected chi connectivity index (χ1v) is 4.35. The molecule has 1 heterocycles. The van der Waals surface area contributed by atoms with Gasteiger partial charge in [0.1, 0.15) is 5.56 Å². The third-order valence-corrected chi connectivity index (χ3v) is 2.03. The number of rotatable bonds is 3. The zero-order valence-electron chi connectivity index (χ0n) is 8.19. The summed E-state index contributed by atoms with van der Waals surface area (Å²) < 4.78 is 0. The maximum atomic E-state index is 10.8. The summed E-state index contributed by atoms with van der Waals surface area (Å²) in [4.78, 5) is 20.7. The fraction of sp³-hybridized carbons (Fsp3) is 0. The average Bonchev–Trinajstić information content (AvgIpc) is 2.81. The monoisotopic (exact) mass is 235 g/mol. The van der Waals surface area contributed by atoms with Gasteiger partial charge in [-0.1, -0.05) is 0 Å². The van der Waals surface area contributed by atoms with Gasteiger partial charge in [0.2, 0.25) is 5.82 Å². The Hall–Kier alpha value is -2.84. The normalized spacial score (nSPS) is 10.1. The molecule has 0 amide bonds. The Bertz CT molecular complexity index is 580. The Morgan fingerprint density at radius 3 is 2.76 bits per heavy atom. The molecule has 0 unspecified atom stereocenters. The van der Waals surface area contributed by atoms with Crippen LogP contribution >= 0.6 is 0 Å². The van der Waals surface area contributed by atoms with Crippen LogP contribution in [0.5, 0.6) is 0 Å². The Balaban J connectivity index is 2.57. The van der Waals surface area contributed by atoms with Crippen molar-refractivity contribution in [3.05, 3.63) is 33.9 Å². The summed E-state index contributed by atoms with van der Waals surface area (Å²) in [5.74, 6) is -1.21. The molecule has 0 aliphatic heterocycles. The highest BCUT2D eigenvalue weighted by Crippen LogP contribution is 2.24. The van der Waals surface area contributed by atoms with Crippen LogP contribution in [0.4, 0.5) is 5.69 Å². The molecule has 9 heteroatoms. The van der Waals surface area contributed by atoms with Crippen LogP contribution < -0.4 is 0 Å². The van der Waals surface area contributed by atoms with Crippen LogP contribution in [0.1, 0.15) is 10.4 Å². The predicted octanol–water partition coefficient (Wildman–Crippen LogP) is 0.473. The van der Waals surface area contributed by atoms with Crippen LogP contribution in [-0.2, 0) is 0 Å². The molecule has 86 valence electrons. The summed E-state index contributed by atoms with van der Waals surface area (Å²) in [5.41, 5.74) is -0.586. The average molecular weight is 235 g/mol. The standard InChI is InChI=1S/C8H5N5O4/c14-8(15)5-2-1-4(3-6(5)13(16)17)7-9-11-12-10-7/h1-3H,(H,14,15)(H,9,10,11,12). The van der Waals surface area contributed by atoms with Crippen LogP contribution in [0.3, 0.4) is 0 Å². The number of nitro groups is 1. The van der Waals surface area contributed by atoms with E-state index in [1.165, 1.54) is 6.07 Å². The van der Waals surface area contributed by atoms with E-state index in [0.717, 1.165) is 12.1 Å². The van der Waals surface area contributed by atoms with Gasteiger partial charge in [0.15, 0.2) is 0 Å². The summed E-state index contributed by atoms with van der Waals surface area (Å²) in [6.45, 7) is 0. The molecule has 0 bridgehead atoms. The van der Waals surface area contributed by atoms with Crippen molar-refractivity contribution in [2.24, 2.45) is 0 Å². The number of aromatic carboxylic acids is 1. The Morgan fingerprint density at radius 2 is 2.24 bits per heavy atom. The molecule has 2 aromatic rings. The number of H-pyrrole nitrogens is 1. The number of aromatic nitrogens is 4. The minimum Gasteiger partial charge on any atom is -0.477 e. The summed E-state index contributed by atoms with van der Waals surface area (Å²) in [7, 11) is 0. The minimum absolute atomic E-state index is 0.157. The van der Waals surface area contributed by atoms with Gasteiger partial charge in [-0.05, 0) is 17.3 Å². The number of aromatic amines is 1. The molecule has 0 saturated carbocycles. The second kappa shape index (κ2) is 3.96. The van der Waals surface area contributed by atoms with Crippen LogP contribution in [0.2, 0.25) is 0 Å². The van der Waals surface area contributed by atoms with E-state index in [0.29, 0.717) is 5.56 Å². The van der Waals surface area contributed by atoms with Gasteiger partial charge in [0.05, 0.1) is 4.92 Å². The SMILES string of the molecule is O=C(O)c1ccc(-c2nn[nH]n2)cc1[N+](=O)[O-]. The molecular formula is C8H5N5O4. The van der Waals surface area contributed by atoms with E-state index in [-0.39, 0.29) is 11.4 Å². The van der Waals surface area contributed by atoms with Gasteiger partial charge >= 0.3 is 5.97 Å². The topological polar surface area (TPSA) is 135 Å². The lowest BCUT2D eigenvalue weighted by Crippen LogP contribution is -2.02. The number of benzene rings is 1. The number of carboxylic acid groups (broad SMARTS) is 1. The molecule has 0 saturated heterocycles. The van der Waals surface area contributed by atoms with Gasteiger partial charge in [-0.15, -0.1) is 10.2 Å². The second-order valence-electron chi connectivity index (χ2n) is 3.03. The molecule has 0 radical (unpaired) electrons. The number of nitrogens with zero attached hydrogens (tertiary/aromatic N) is 4. The van der Waals surface area contributed by atoms with Crippen molar-refractivity contribution in [2.45, 2.75) is 0 Å². The maximum absolute atomic E-state index is 10.8. The largest absolute Gasteiger partial charge is 0.477 e. The number of carboxylic acids is 1. The van der Waals surface area contributed by atoms with Crippen LogP contribution in [0.15, 0.2) is 18.2 Å². The van der Waals surface area contributed by atoms with E-state index in [1.54, 1.807) is 0 Å². The Morgan fingerprint density at radius 1 is 1.47 bits per heavy atom. The van der Waals surface area contributed by atoms with Crippen molar-refractivity contribution >= 4 is 11.7 Å². The molecule has 0 spiro atoms. The van der Waals surface area contributed by atoms with Crippen molar-refractivity contribution in [1.82, 2.24) is 20.6 Å². The highest BCUT2D eigenvalue weighted by molar-refractivity contribution is 5.93. The lowest BCUT2D eigenvalue weighted by atomic mass is 10.1. The number of nitrogens with one attached hydrogen (secondary N) is 1. The highest BCUT2D eigenvalue weighted by atomic mass is 16.6. The molecule has 0 aliphatic rings. The van der Waals surface area contributed by atoms with Crippen molar-refractivity contribution in [2.75, 3.05) is 0 Å². The molecule has 17 heavy (non-hydrogen) atoms. The highest BCUT2D eigenvalue weighted by Gasteiger charge is 2.21. The Kier molecular flexibility index (Phi) is 2.49. The minimum atomic E-state index is -1.36. The molecule has 0 atom stereocenters. The first-order valence-electron chi connectivity index (χ1n) is 4.35. The van der Waals surface area contributed by atoms with Gasteiger partial charge in [0, 0.05) is 11.6 Å². The lowest BCUT2D eigenvalue weighted by Gasteiger charge is -1.99. The zero-order valence-corrected chi connectivity index (χ0v) is 8.19.